The molecule has 0 bridgehead atoms. The second kappa shape index (κ2) is 8.13. The molecule has 1 N–H and O–H groups in total. The van der Waals surface area contributed by atoms with Crippen LogP contribution in [0.3, 0.4) is 0 Å². The van der Waals surface area contributed by atoms with Gasteiger partial charge in [-0.3, -0.25) is 0 Å². The average molecular weight is 330 g/mol. The number of aliphatic hydroxyl groups is 1. The van der Waals surface area contributed by atoms with Gasteiger partial charge in [0.25, 0.3) is 0 Å². The Hall–Kier alpha value is -2.38. The topological polar surface area (TPSA) is 20.2 Å². The van der Waals surface area contributed by atoms with E-state index in [1.807, 2.05) is 30.3 Å². The minimum Gasteiger partial charge on any atom is -0.385 e. The van der Waals surface area contributed by atoms with E-state index < -0.39 is 5.60 Å². The highest BCUT2D eigenvalue weighted by Crippen LogP contribution is 2.36. The van der Waals surface area contributed by atoms with Gasteiger partial charge in [-0.1, -0.05) is 97.9 Å². The summed E-state index contributed by atoms with van der Waals surface area (Å²) in [5.74, 6) is 0.296. The fourth-order valence-corrected chi connectivity index (χ4v) is 3.55. The first-order valence-corrected chi connectivity index (χ1v) is 9.11. The smallest absolute Gasteiger partial charge is 0.0894 e. The molecule has 128 valence electrons. The molecule has 0 aromatic heterocycles. The highest BCUT2D eigenvalue weighted by molar-refractivity contribution is 5.32. The second-order valence-corrected chi connectivity index (χ2v) is 6.66. The van der Waals surface area contributed by atoms with Crippen LogP contribution in [0.2, 0.25) is 0 Å². The van der Waals surface area contributed by atoms with Crippen molar-refractivity contribution < 1.29 is 5.11 Å². The summed E-state index contributed by atoms with van der Waals surface area (Å²) < 4.78 is 0. The Bertz CT molecular complexity index is 712. The molecule has 0 amide bonds. The average Bonchev–Trinajstić information content (AvgIpc) is 2.70. The predicted octanol–water partition coefficient (Wildman–Crippen LogP) is 5.90. The van der Waals surface area contributed by atoms with Crippen molar-refractivity contribution in [3.63, 3.8) is 0 Å². The molecule has 1 unspecified atom stereocenters. The van der Waals surface area contributed by atoms with Crippen molar-refractivity contribution in [3.05, 3.63) is 108 Å². The molecule has 1 heteroatoms. The zero-order valence-electron chi connectivity index (χ0n) is 14.8. The number of benzene rings is 3. The van der Waals surface area contributed by atoms with Gasteiger partial charge in [-0.2, -0.15) is 0 Å². The van der Waals surface area contributed by atoms with Gasteiger partial charge in [0.1, 0.15) is 0 Å². The lowest BCUT2D eigenvalue weighted by Crippen LogP contribution is -2.25. The van der Waals surface area contributed by atoms with Crippen LogP contribution < -0.4 is 0 Å². The Balaban J connectivity index is 1.86. The van der Waals surface area contributed by atoms with Crippen molar-refractivity contribution in [1.29, 1.82) is 0 Å². The van der Waals surface area contributed by atoms with Gasteiger partial charge in [-0.05, 0) is 36.0 Å². The van der Waals surface area contributed by atoms with Gasteiger partial charge < -0.3 is 5.11 Å². The van der Waals surface area contributed by atoms with Gasteiger partial charge in [0.2, 0.25) is 0 Å². The van der Waals surface area contributed by atoms with Gasteiger partial charge in [-0.15, -0.1) is 0 Å². The minimum absolute atomic E-state index is 0.296. The molecule has 0 saturated heterocycles. The van der Waals surface area contributed by atoms with Gasteiger partial charge in [0, 0.05) is 5.92 Å². The Labute approximate surface area is 151 Å². The zero-order chi connectivity index (χ0) is 17.5. The highest BCUT2D eigenvalue weighted by atomic mass is 16.3. The Morgan fingerprint density at radius 2 is 1.16 bits per heavy atom. The van der Waals surface area contributed by atoms with Crippen LogP contribution in [0.5, 0.6) is 0 Å². The van der Waals surface area contributed by atoms with Gasteiger partial charge in [-0.25, -0.2) is 0 Å². The van der Waals surface area contributed by atoms with E-state index in [2.05, 4.69) is 67.6 Å². The molecule has 0 aliphatic carbocycles. The largest absolute Gasteiger partial charge is 0.385 e. The lowest BCUT2D eigenvalue weighted by Gasteiger charge is -2.30. The first kappa shape index (κ1) is 17.4. The van der Waals surface area contributed by atoms with E-state index in [0.717, 1.165) is 18.4 Å². The van der Waals surface area contributed by atoms with Crippen LogP contribution in [0.1, 0.15) is 48.8 Å². The summed E-state index contributed by atoms with van der Waals surface area (Å²) in [6.07, 6.45) is 2.36. The standard InChI is InChI=1S/C24H26O/c1-2-24(25,22-16-10-5-11-17-22)19-18-23(20-12-6-3-7-13-20)21-14-8-4-9-15-21/h3-17,23,25H,2,18-19H2,1H3. The summed E-state index contributed by atoms with van der Waals surface area (Å²) in [6.45, 7) is 2.06. The van der Waals surface area contributed by atoms with Crippen molar-refractivity contribution in [2.24, 2.45) is 0 Å². The molecular formula is C24H26O. The number of hydrogen-bond donors (Lipinski definition) is 1. The first-order chi connectivity index (χ1) is 12.2. The Morgan fingerprint density at radius 3 is 1.60 bits per heavy atom. The van der Waals surface area contributed by atoms with E-state index in [1.54, 1.807) is 0 Å². The van der Waals surface area contributed by atoms with Crippen LogP contribution in [0, 0.1) is 0 Å². The number of rotatable bonds is 7. The summed E-state index contributed by atoms with van der Waals surface area (Å²) in [4.78, 5) is 0. The van der Waals surface area contributed by atoms with Crippen molar-refractivity contribution in [2.75, 3.05) is 0 Å². The third kappa shape index (κ3) is 4.18. The van der Waals surface area contributed by atoms with E-state index in [9.17, 15) is 5.11 Å². The molecule has 0 saturated carbocycles. The predicted molar refractivity (Wildman–Crippen MR) is 105 cm³/mol. The molecule has 0 radical (unpaired) electrons. The molecule has 3 aromatic rings. The molecule has 0 heterocycles. The van der Waals surface area contributed by atoms with E-state index in [-0.39, 0.29) is 0 Å². The fraction of sp³-hybridized carbons (Fsp3) is 0.250. The van der Waals surface area contributed by atoms with Crippen molar-refractivity contribution in [1.82, 2.24) is 0 Å². The highest BCUT2D eigenvalue weighted by Gasteiger charge is 2.28. The summed E-state index contributed by atoms with van der Waals surface area (Å²) in [5, 5.41) is 11.2. The second-order valence-electron chi connectivity index (χ2n) is 6.66. The molecule has 3 rings (SSSR count). The van der Waals surface area contributed by atoms with E-state index in [0.29, 0.717) is 12.3 Å². The lowest BCUT2D eigenvalue weighted by molar-refractivity contribution is 0.0203. The summed E-state index contributed by atoms with van der Waals surface area (Å²) in [7, 11) is 0. The molecule has 1 atom stereocenters. The monoisotopic (exact) mass is 330 g/mol. The van der Waals surface area contributed by atoms with E-state index in [4.69, 9.17) is 0 Å². The molecule has 0 aliphatic rings. The molecule has 25 heavy (non-hydrogen) atoms. The van der Waals surface area contributed by atoms with E-state index >= 15 is 0 Å². The van der Waals surface area contributed by atoms with Crippen LogP contribution in [0.4, 0.5) is 0 Å². The van der Waals surface area contributed by atoms with Gasteiger partial charge in [0.05, 0.1) is 5.60 Å². The van der Waals surface area contributed by atoms with E-state index in [1.165, 1.54) is 11.1 Å². The molecule has 0 aliphatic heterocycles. The first-order valence-electron chi connectivity index (χ1n) is 9.11. The maximum Gasteiger partial charge on any atom is 0.0894 e. The maximum absolute atomic E-state index is 11.2. The third-order valence-electron chi connectivity index (χ3n) is 5.15. The van der Waals surface area contributed by atoms with Crippen LogP contribution in [0.15, 0.2) is 91.0 Å². The van der Waals surface area contributed by atoms with Crippen LogP contribution >= 0.6 is 0 Å². The lowest BCUT2D eigenvalue weighted by atomic mass is 9.80. The summed E-state index contributed by atoms with van der Waals surface area (Å²) >= 11 is 0. The molecule has 0 fully saturated rings. The van der Waals surface area contributed by atoms with Crippen LogP contribution in [-0.4, -0.2) is 5.11 Å². The molecule has 1 nitrogen and oxygen atoms in total. The molecule has 3 aromatic carbocycles. The SMILES string of the molecule is CCC(O)(CCC(c1ccccc1)c1ccccc1)c1ccccc1. The molecular weight excluding hydrogens is 304 g/mol. The Morgan fingerprint density at radius 1 is 0.720 bits per heavy atom. The van der Waals surface area contributed by atoms with Crippen LogP contribution in [0.25, 0.3) is 0 Å². The minimum atomic E-state index is -0.775. The summed E-state index contributed by atoms with van der Waals surface area (Å²) in [6, 6.07) is 31.3. The van der Waals surface area contributed by atoms with Gasteiger partial charge in [0.15, 0.2) is 0 Å². The van der Waals surface area contributed by atoms with Crippen molar-refractivity contribution in [3.8, 4) is 0 Å². The van der Waals surface area contributed by atoms with Gasteiger partial charge >= 0.3 is 0 Å². The van der Waals surface area contributed by atoms with Crippen molar-refractivity contribution >= 4 is 0 Å². The zero-order valence-corrected chi connectivity index (χ0v) is 14.8. The maximum atomic E-state index is 11.2. The quantitative estimate of drug-likeness (QED) is 0.572. The third-order valence-corrected chi connectivity index (χ3v) is 5.15. The molecule has 0 spiro atoms. The fourth-order valence-electron chi connectivity index (χ4n) is 3.55. The Kier molecular flexibility index (Phi) is 5.67. The van der Waals surface area contributed by atoms with Crippen molar-refractivity contribution in [2.45, 2.75) is 37.7 Å². The normalized spacial score (nSPS) is 13.6. The number of hydrogen-bond acceptors (Lipinski definition) is 1. The summed E-state index contributed by atoms with van der Waals surface area (Å²) in [5.41, 5.74) is 2.85. The van der Waals surface area contributed by atoms with Crippen LogP contribution in [-0.2, 0) is 5.60 Å².